The van der Waals surface area contributed by atoms with Gasteiger partial charge in [0.2, 0.25) is 16.6 Å². The molecule has 0 aromatic carbocycles. The Bertz CT molecular complexity index is 1260. The van der Waals surface area contributed by atoms with Gasteiger partial charge in [-0.1, -0.05) is 144 Å². The Morgan fingerprint density at radius 3 is 1.56 bits per heavy atom. The summed E-state index contributed by atoms with van der Waals surface area (Å²) in [4.78, 5) is 13.2. The Hall–Kier alpha value is -0.182. The first-order valence-electron chi connectivity index (χ1n) is 25.1. The third-order valence-electron chi connectivity index (χ3n) is 16.3. The quantitative estimate of drug-likeness (QED) is 0.0443. The molecule has 61 heavy (non-hydrogen) atoms. The maximum absolute atomic E-state index is 13.2. The van der Waals surface area contributed by atoms with Crippen LogP contribution in [0.15, 0.2) is 24.3 Å². The number of hydrogen-bond acceptors (Lipinski definition) is 6. The van der Waals surface area contributed by atoms with Gasteiger partial charge in [0.25, 0.3) is 0 Å². The van der Waals surface area contributed by atoms with Gasteiger partial charge in [-0.05, 0) is 120 Å². The Morgan fingerprint density at radius 2 is 1.18 bits per heavy atom. The second kappa shape index (κ2) is 25.1. The molecule has 360 valence electrons. The van der Waals surface area contributed by atoms with Crippen LogP contribution in [0.25, 0.3) is 0 Å². The molecule has 10 heteroatoms. The molecule has 1 rings (SSSR count). The van der Waals surface area contributed by atoms with E-state index in [1.807, 2.05) is 13.2 Å². The van der Waals surface area contributed by atoms with Crippen molar-refractivity contribution in [3.63, 3.8) is 0 Å². The molecule has 6 nitrogen and oxygen atoms in total. The van der Waals surface area contributed by atoms with Gasteiger partial charge >= 0.3 is 0 Å². The van der Waals surface area contributed by atoms with Gasteiger partial charge < -0.3 is 27.2 Å². The summed E-state index contributed by atoms with van der Waals surface area (Å²) in [5, 5.41) is 0.00579. The normalized spacial score (nSPS) is 21.8. The minimum atomic E-state index is -2.37. The van der Waals surface area contributed by atoms with Crippen molar-refractivity contribution in [3.05, 3.63) is 24.3 Å². The van der Waals surface area contributed by atoms with E-state index in [2.05, 4.69) is 164 Å². The van der Waals surface area contributed by atoms with Gasteiger partial charge in [-0.3, -0.25) is 0 Å². The van der Waals surface area contributed by atoms with Crippen LogP contribution in [-0.4, -0.2) is 77.2 Å². The van der Waals surface area contributed by atoms with Gasteiger partial charge in [-0.25, -0.2) is 0 Å². The van der Waals surface area contributed by atoms with Crippen molar-refractivity contribution in [2.75, 3.05) is 7.11 Å². The molecule has 0 saturated heterocycles. The minimum Gasteiger partial charge on any atom is -0.413 e. The van der Waals surface area contributed by atoms with E-state index < -0.39 is 33.3 Å². The van der Waals surface area contributed by atoms with E-state index in [9.17, 15) is 4.79 Å². The summed E-state index contributed by atoms with van der Waals surface area (Å²) in [5.74, 6) is 0.108. The fraction of sp³-hybridized carbons (Fsp3) is 0.902. The zero-order valence-electron chi connectivity index (χ0n) is 44.6. The smallest absolute Gasteiger partial charge is 0.200 e. The summed E-state index contributed by atoms with van der Waals surface area (Å²) < 4.78 is 36.8. The Kier molecular flexibility index (Phi) is 24.2. The summed E-state index contributed by atoms with van der Waals surface area (Å²) >= 11 is 0. The van der Waals surface area contributed by atoms with Crippen molar-refractivity contribution in [3.8, 4) is 0 Å². The molecule has 1 aliphatic carbocycles. The highest BCUT2D eigenvalue weighted by atomic mass is 28.4. The molecule has 0 aromatic heterocycles. The summed E-state index contributed by atoms with van der Waals surface area (Å²) in [6.07, 6.45) is 9.50. The molecule has 0 radical (unpaired) electrons. The summed E-state index contributed by atoms with van der Waals surface area (Å²) in [6, 6.07) is 3.24. The van der Waals surface area contributed by atoms with Gasteiger partial charge in [0.1, 0.15) is 6.29 Å². The number of carbonyl (C=O) groups excluding carboxylic acids is 1. The van der Waals surface area contributed by atoms with E-state index in [0.717, 1.165) is 43.7 Å². The van der Waals surface area contributed by atoms with E-state index in [1.54, 1.807) is 0 Å². The minimum absolute atomic E-state index is 0.00579. The average Bonchev–Trinajstić information content (AvgIpc) is 3.16. The van der Waals surface area contributed by atoms with E-state index in [4.69, 9.17) is 22.4 Å². The lowest BCUT2D eigenvalue weighted by Gasteiger charge is -2.48. The Morgan fingerprint density at radius 1 is 0.705 bits per heavy atom. The molecule has 0 N–H and O–H groups in total. The molecule has 8 atom stereocenters. The summed E-state index contributed by atoms with van der Waals surface area (Å²) in [7, 11) is -6.94. The number of allylic oxidation sites excluding steroid dienone is 2. The second-order valence-electron chi connectivity index (χ2n) is 22.8. The first-order valence-corrected chi connectivity index (χ1v) is 34.8. The Labute approximate surface area is 384 Å². The maximum atomic E-state index is 13.2. The standard InChI is InChI=1S/C51H104O6Si4/c1-25-29-45(35-52)48(56-61(39(11)12,40(13)14)41(15)16)34-47(54-58(23,24)51(19,20)21)43(18)50(57-59(26-2,27-3)28-4)42(17)32-44-30-31-46(49(33-44)53-22)55-60(36(5)6,37(7)8)38(9)10/h25,32,35-41,43-50H,1,26-31,33-34H2,2-24H3/b42-32+/t43-,44?,45-,46-,47+,48-,49-,50-/m1/s1. The van der Waals surface area contributed by atoms with Crippen molar-refractivity contribution in [1.82, 2.24) is 0 Å². The highest BCUT2D eigenvalue weighted by molar-refractivity contribution is 6.78. The van der Waals surface area contributed by atoms with Crippen molar-refractivity contribution in [1.29, 1.82) is 0 Å². The van der Waals surface area contributed by atoms with Gasteiger partial charge in [-0.15, -0.1) is 6.58 Å². The number of ether oxygens (including phenoxy) is 1. The van der Waals surface area contributed by atoms with E-state index >= 15 is 0 Å². The summed E-state index contributed by atoms with van der Waals surface area (Å²) in [6.45, 7) is 55.9. The van der Waals surface area contributed by atoms with Gasteiger partial charge in [-0.2, -0.15) is 0 Å². The van der Waals surface area contributed by atoms with Crippen LogP contribution in [0.1, 0.15) is 171 Å². The first-order chi connectivity index (χ1) is 28.1. The van der Waals surface area contributed by atoms with E-state index in [0.29, 0.717) is 52.0 Å². The van der Waals surface area contributed by atoms with Crippen molar-refractivity contribution in [2.24, 2.45) is 17.8 Å². The van der Waals surface area contributed by atoms with Crippen LogP contribution in [0.2, 0.25) is 69.5 Å². The molecule has 0 bridgehead atoms. The molecule has 0 aromatic rings. The van der Waals surface area contributed by atoms with Gasteiger partial charge in [0.05, 0.1) is 30.5 Å². The molecule has 1 aliphatic rings. The topological polar surface area (TPSA) is 63.2 Å². The molecule has 0 heterocycles. The summed E-state index contributed by atoms with van der Waals surface area (Å²) in [5.41, 5.74) is 4.10. The van der Waals surface area contributed by atoms with Crippen molar-refractivity contribution in [2.45, 2.75) is 271 Å². The van der Waals surface area contributed by atoms with Crippen LogP contribution >= 0.6 is 0 Å². The number of methoxy groups -OCH3 is 1. The van der Waals surface area contributed by atoms with Crippen LogP contribution in [0, 0.1) is 17.8 Å². The van der Waals surface area contributed by atoms with E-state index in [-0.39, 0.29) is 47.4 Å². The molecule has 0 amide bonds. The Balaban J connectivity index is 4.03. The van der Waals surface area contributed by atoms with Crippen LogP contribution < -0.4 is 0 Å². The lowest BCUT2D eigenvalue weighted by atomic mass is 9.82. The van der Waals surface area contributed by atoms with Gasteiger partial charge in [0.15, 0.2) is 16.6 Å². The second-order valence-corrected chi connectivity index (χ2v) is 43.1. The maximum Gasteiger partial charge on any atom is 0.200 e. The van der Waals surface area contributed by atoms with E-state index in [1.165, 1.54) is 5.57 Å². The number of hydrogen-bond donors (Lipinski definition) is 0. The highest BCUT2D eigenvalue weighted by Crippen LogP contribution is 2.48. The molecule has 1 fully saturated rings. The average molecular weight is 926 g/mol. The number of aldehydes is 1. The number of rotatable bonds is 28. The molecule has 0 spiro atoms. The molecule has 1 saturated carbocycles. The molecular weight excluding hydrogens is 821 g/mol. The third-order valence-corrected chi connectivity index (χ3v) is 37.7. The van der Waals surface area contributed by atoms with Crippen LogP contribution in [0.5, 0.6) is 0 Å². The zero-order valence-corrected chi connectivity index (χ0v) is 48.6. The third kappa shape index (κ3) is 14.4. The molecule has 1 unspecified atom stereocenters. The van der Waals surface area contributed by atoms with Crippen LogP contribution in [-0.2, 0) is 27.2 Å². The fourth-order valence-corrected chi connectivity index (χ4v) is 27.1. The monoisotopic (exact) mass is 925 g/mol. The van der Waals surface area contributed by atoms with Crippen molar-refractivity contribution >= 4 is 39.6 Å². The lowest BCUT2D eigenvalue weighted by Crippen LogP contribution is -2.54. The molecular formula is C51H104O6Si4. The SMILES string of the molecule is C=CC[C@H](C=O)[C@@H](C[C@H](O[Si](C)(C)C(C)(C)C)[C@@H](C)[C@H](O[Si](CC)(CC)CC)/C(C)=C/C1CC[C@@H](O[Si](C(C)C)(C(C)C)C(C)C)[C@H](OC)C1)O[Si](C(C)C)(C(C)C)C(C)C. The molecule has 0 aliphatic heterocycles. The van der Waals surface area contributed by atoms with Crippen LogP contribution in [0.4, 0.5) is 0 Å². The zero-order chi connectivity index (χ0) is 47.5. The highest BCUT2D eigenvalue weighted by Gasteiger charge is 2.51. The lowest BCUT2D eigenvalue weighted by molar-refractivity contribution is -0.114. The predicted octanol–water partition coefficient (Wildman–Crippen LogP) is 16.1. The number of carbonyl (C=O) groups is 1. The van der Waals surface area contributed by atoms with Gasteiger partial charge in [0, 0.05) is 18.9 Å². The van der Waals surface area contributed by atoms with Crippen LogP contribution in [0.3, 0.4) is 0 Å². The fourth-order valence-electron chi connectivity index (χ4n) is 11.5. The predicted molar refractivity (Wildman–Crippen MR) is 276 cm³/mol. The largest absolute Gasteiger partial charge is 0.413 e. The first kappa shape index (κ1) is 58.8. The van der Waals surface area contributed by atoms with Crippen molar-refractivity contribution < 1.29 is 27.2 Å².